The van der Waals surface area contributed by atoms with Gasteiger partial charge in [0.1, 0.15) is 18.2 Å². The molecule has 16 heteroatoms. The topological polar surface area (TPSA) is 177 Å². The van der Waals surface area contributed by atoms with Gasteiger partial charge in [0.05, 0.1) is 24.9 Å². The Hall–Kier alpha value is -2.27. The average Bonchev–Trinajstić information content (AvgIpc) is 2.93. The third kappa shape index (κ3) is 8.63. The summed E-state index contributed by atoms with van der Waals surface area (Å²) in [6, 6.07) is 6.99. The predicted octanol–water partition coefficient (Wildman–Crippen LogP) is -3.66. The van der Waals surface area contributed by atoms with Gasteiger partial charge in [-0.25, -0.2) is 13.2 Å². The van der Waals surface area contributed by atoms with E-state index < -0.39 is 97.5 Å². The Balaban J connectivity index is 0.00000588. The van der Waals surface area contributed by atoms with Crippen molar-refractivity contribution in [3.05, 3.63) is 70.2 Å². The summed E-state index contributed by atoms with van der Waals surface area (Å²) in [5.41, 5.74) is -0.272. The Labute approximate surface area is 258 Å². The molecule has 0 aliphatic carbocycles. The van der Waals surface area contributed by atoms with Crippen LogP contribution in [0.25, 0.3) is 0 Å². The number of halogens is 4. The van der Waals surface area contributed by atoms with Crippen molar-refractivity contribution in [3.8, 4) is 0 Å². The van der Waals surface area contributed by atoms with E-state index in [9.17, 15) is 48.0 Å². The molecule has 0 spiro atoms. The van der Waals surface area contributed by atoms with Crippen molar-refractivity contribution in [1.29, 1.82) is 0 Å². The average molecular weight is 613 g/mol. The SMILES string of the molecule is O=C(CF)N[C@H]1[C@H]([C@H](O)[C@H](O)CNC(=O)c2ccc(Cl)cc2)O[C@@](OCc2cccc(F)c2F)(C(=O)[O-])C[C@@H]1O.[Na+]. The van der Waals surface area contributed by atoms with Crippen molar-refractivity contribution >= 4 is 29.4 Å². The van der Waals surface area contributed by atoms with Crippen LogP contribution in [0, 0.1) is 11.6 Å². The number of nitrogens with one attached hydrogen (secondary N) is 2. The first-order valence-corrected chi connectivity index (χ1v) is 12.2. The monoisotopic (exact) mass is 612 g/mol. The summed E-state index contributed by atoms with van der Waals surface area (Å²) < 4.78 is 51.2. The number of hydrogen-bond donors (Lipinski definition) is 5. The van der Waals surface area contributed by atoms with E-state index in [1.807, 2.05) is 5.32 Å². The van der Waals surface area contributed by atoms with Crippen LogP contribution in [0.15, 0.2) is 42.5 Å². The predicted molar refractivity (Wildman–Crippen MR) is 128 cm³/mol. The van der Waals surface area contributed by atoms with Gasteiger partial charge >= 0.3 is 29.6 Å². The normalized spacial score (nSPS) is 23.5. The summed E-state index contributed by atoms with van der Waals surface area (Å²) in [6.45, 7) is -3.07. The summed E-state index contributed by atoms with van der Waals surface area (Å²) in [7, 11) is 0. The number of benzene rings is 2. The van der Waals surface area contributed by atoms with E-state index in [2.05, 4.69) is 5.32 Å². The van der Waals surface area contributed by atoms with Crippen LogP contribution in [-0.4, -0.2) is 82.6 Å². The molecule has 1 fully saturated rings. The van der Waals surface area contributed by atoms with Crippen LogP contribution in [0.5, 0.6) is 0 Å². The fourth-order valence-electron chi connectivity index (χ4n) is 4.03. The van der Waals surface area contributed by atoms with Crippen LogP contribution in [0.3, 0.4) is 0 Å². The van der Waals surface area contributed by atoms with Crippen LogP contribution in [-0.2, 0) is 25.7 Å². The Kier molecular flexibility index (Phi) is 13.0. The van der Waals surface area contributed by atoms with Gasteiger partial charge in [0.25, 0.3) is 11.8 Å². The molecule has 41 heavy (non-hydrogen) atoms. The summed E-state index contributed by atoms with van der Waals surface area (Å²) in [4.78, 5) is 36.2. The van der Waals surface area contributed by atoms with Crippen molar-refractivity contribution < 1.29 is 87.0 Å². The molecule has 2 aromatic rings. The fraction of sp³-hybridized carbons (Fsp3) is 0.400. The molecule has 1 saturated heterocycles. The molecule has 1 aliphatic rings. The van der Waals surface area contributed by atoms with Gasteiger partial charge in [-0.1, -0.05) is 23.7 Å². The summed E-state index contributed by atoms with van der Waals surface area (Å²) in [5, 5.41) is 48.9. The molecule has 6 atom stereocenters. The van der Waals surface area contributed by atoms with E-state index in [-0.39, 0.29) is 35.1 Å². The molecular formula is C25H25ClF3N2NaO9. The quantitative estimate of drug-likeness (QED) is 0.160. The third-order valence-corrected chi connectivity index (χ3v) is 6.39. The van der Waals surface area contributed by atoms with E-state index in [1.165, 1.54) is 24.3 Å². The van der Waals surface area contributed by atoms with Gasteiger partial charge in [0.15, 0.2) is 18.3 Å². The van der Waals surface area contributed by atoms with Gasteiger partial charge in [-0.2, -0.15) is 0 Å². The summed E-state index contributed by atoms with van der Waals surface area (Å²) >= 11 is 5.78. The molecule has 11 nitrogen and oxygen atoms in total. The first-order chi connectivity index (χ1) is 18.9. The number of alkyl halides is 1. The second-order valence-electron chi connectivity index (χ2n) is 8.90. The number of amides is 2. The maximum absolute atomic E-state index is 14.1. The molecule has 0 bridgehead atoms. The number of ether oxygens (including phenoxy) is 2. The Morgan fingerprint density at radius 2 is 1.83 bits per heavy atom. The van der Waals surface area contributed by atoms with Gasteiger partial charge < -0.3 is 45.3 Å². The minimum Gasteiger partial charge on any atom is -0.544 e. The minimum absolute atomic E-state index is 0. The number of hydrogen-bond acceptors (Lipinski definition) is 9. The molecule has 5 N–H and O–H groups in total. The van der Waals surface area contributed by atoms with Gasteiger partial charge in [0, 0.05) is 29.1 Å². The van der Waals surface area contributed by atoms with Gasteiger partial charge in [0.2, 0.25) is 5.79 Å². The molecule has 2 amide bonds. The fourth-order valence-corrected chi connectivity index (χ4v) is 4.15. The number of aliphatic hydroxyl groups is 3. The van der Waals surface area contributed by atoms with E-state index in [0.717, 1.165) is 18.2 Å². The number of carbonyl (C=O) groups excluding carboxylic acids is 3. The molecule has 2 aromatic carbocycles. The van der Waals surface area contributed by atoms with Crippen molar-refractivity contribution in [1.82, 2.24) is 10.6 Å². The van der Waals surface area contributed by atoms with Crippen molar-refractivity contribution in [2.45, 2.75) is 49.3 Å². The molecule has 0 radical (unpaired) electrons. The van der Waals surface area contributed by atoms with E-state index >= 15 is 0 Å². The van der Waals surface area contributed by atoms with Gasteiger partial charge in [-0.15, -0.1) is 0 Å². The van der Waals surface area contributed by atoms with Gasteiger partial charge in [-0.05, 0) is 30.3 Å². The van der Waals surface area contributed by atoms with Crippen LogP contribution in [0.1, 0.15) is 22.3 Å². The molecule has 1 aliphatic heterocycles. The Bertz CT molecular complexity index is 1230. The number of carbonyl (C=O) groups is 3. The van der Waals surface area contributed by atoms with Crippen molar-refractivity contribution in [2.75, 3.05) is 13.2 Å². The molecule has 0 aromatic heterocycles. The third-order valence-electron chi connectivity index (χ3n) is 6.13. The molecule has 3 rings (SSSR count). The molecule has 218 valence electrons. The van der Waals surface area contributed by atoms with Crippen LogP contribution >= 0.6 is 11.6 Å². The second kappa shape index (κ2) is 15.3. The zero-order valence-corrected chi connectivity index (χ0v) is 24.3. The van der Waals surface area contributed by atoms with E-state index in [1.54, 1.807) is 0 Å². The first kappa shape index (κ1) is 34.9. The summed E-state index contributed by atoms with van der Waals surface area (Å²) in [5.74, 6) is -9.53. The van der Waals surface area contributed by atoms with Crippen molar-refractivity contribution in [2.24, 2.45) is 0 Å². The summed E-state index contributed by atoms with van der Waals surface area (Å²) in [6.07, 6.45) is -8.86. The van der Waals surface area contributed by atoms with E-state index in [4.69, 9.17) is 21.1 Å². The zero-order valence-electron chi connectivity index (χ0n) is 21.6. The maximum atomic E-state index is 14.1. The molecule has 0 saturated carbocycles. The number of rotatable bonds is 11. The van der Waals surface area contributed by atoms with Crippen LogP contribution in [0.4, 0.5) is 13.2 Å². The Morgan fingerprint density at radius 1 is 1.17 bits per heavy atom. The number of aliphatic carboxylic acids is 1. The first-order valence-electron chi connectivity index (χ1n) is 11.8. The van der Waals surface area contributed by atoms with Crippen LogP contribution in [0.2, 0.25) is 5.02 Å². The number of carboxylic acid groups (broad SMARTS) is 1. The minimum atomic E-state index is -2.90. The smallest absolute Gasteiger partial charge is 0.544 e. The van der Waals surface area contributed by atoms with Crippen molar-refractivity contribution in [3.63, 3.8) is 0 Å². The second-order valence-corrected chi connectivity index (χ2v) is 9.33. The largest absolute Gasteiger partial charge is 1.00 e. The molecule has 0 unspecified atom stereocenters. The number of carboxylic acids is 1. The standard InChI is InChI=1S/C25H26ClF3N2O9.Na/c26-14-6-4-12(5-7-14)23(36)30-10-17(33)21(35)22-20(31-18(34)9-27)16(32)8-25(40-22,24(37)38)39-11-13-2-1-3-15(28)19(13)29;/h1-7,16-17,20-22,32-33,35H,8-11H2,(H,30,36)(H,31,34)(H,37,38);/q;+1/p-1/t16-,17+,20+,21+,22+,25+;/m0./s1. The Morgan fingerprint density at radius 3 is 2.44 bits per heavy atom. The zero-order chi connectivity index (χ0) is 29.6. The molecular weight excluding hydrogens is 588 g/mol. The van der Waals surface area contributed by atoms with E-state index in [0.29, 0.717) is 5.02 Å². The van der Waals surface area contributed by atoms with Crippen LogP contribution < -0.4 is 45.3 Å². The maximum Gasteiger partial charge on any atom is 1.00 e. The molecule has 1 heterocycles. The van der Waals surface area contributed by atoms with Gasteiger partial charge in [-0.3, -0.25) is 9.59 Å². The number of aliphatic hydroxyl groups excluding tert-OH is 3.